The van der Waals surface area contributed by atoms with Gasteiger partial charge in [0.25, 0.3) is 0 Å². The highest BCUT2D eigenvalue weighted by atomic mass is 35.5. The Morgan fingerprint density at radius 1 is 1.03 bits per heavy atom. The number of hydrogen-bond acceptors (Lipinski definition) is 3. The number of benzene rings is 2. The molecule has 0 spiro atoms. The van der Waals surface area contributed by atoms with Crippen molar-refractivity contribution in [3.05, 3.63) is 106 Å². The number of rotatable bonds is 7. The third kappa shape index (κ3) is 5.72. The fraction of sp³-hybridized carbons (Fsp3) is 0.192. The van der Waals surface area contributed by atoms with Gasteiger partial charge in [-0.1, -0.05) is 35.9 Å². The topological polar surface area (TPSA) is 58.6 Å². The van der Waals surface area contributed by atoms with E-state index in [2.05, 4.69) is 15.0 Å². The van der Waals surface area contributed by atoms with Crippen molar-refractivity contribution < 1.29 is 18.0 Å². The molecular formula is C26H21ClF3N3O. The minimum Gasteiger partial charge on any atom is -0.360 e. The number of halogens is 4. The lowest BCUT2D eigenvalue weighted by atomic mass is 9.96. The maximum Gasteiger partial charge on any atom is 0.417 e. The molecule has 2 heterocycles. The number of aromatic nitrogens is 3. The summed E-state index contributed by atoms with van der Waals surface area (Å²) in [5.74, 6) is 0.467. The Bertz CT molecular complexity index is 1320. The van der Waals surface area contributed by atoms with Crippen molar-refractivity contribution in [1.29, 1.82) is 0 Å². The molecule has 1 N–H and O–H groups in total. The molecule has 0 aliphatic rings. The number of nitrogens with zero attached hydrogens (tertiary/aromatic N) is 2. The third-order valence-corrected chi connectivity index (χ3v) is 5.81. The molecule has 4 aromatic rings. The molecule has 174 valence electrons. The Kier molecular flexibility index (Phi) is 6.84. The number of nitrogens with one attached hydrogen (secondary N) is 1. The summed E-state index contributed by atoms with van der Waals surface area (Å²) >= 11 is 5.67. The molecule has 4 rings (SSSR count). The number of Topliss-reactive ketones (excluding diaryl/α,β-unsaturated/α-hetero) is 1. The Balaban J connectivity index is 1.48. The van der Waals surface area contributed by atoms with Gasteiger partial charge < -0.3 is 4.98 Å². The number of hydrogen-bond donors (Lipinski definition) is 1. The van der Waals surface area contributed by atoms with Crippen LogP contribution < -0.4 is 0 Å². The zero-order valence-corrected chi connectivity index (χ0v) is 19.0. The van der Waals surface area contributed by atoms with E-state index in [1.807, 2.05) is 49.5 Å². The molecule has 0 bridgehead atoms. The quantitative estimate of drug-likeness (QED) is 0.331. The zero-order chi connectivity index (χ0) is 24.3. The molecular weight excluding hydrogens is 463 g/mol. The predicted octanol–water partition coefficient (Wildman–Crippen LogP) is 6.40. The van der Waals surface area contributed by atoms with Crippen LogP contribution in [0.3, 0.4) is 0 Å². The van der Waals surface area contributed by atoms with Crippen LogP contribution in [-0.2, 0) is 30.2 Å². The maximum atomic E-state index is 13.1. The lowest BCUT2D eigenvalue weighted by molar-refractivity contribution is -0.137. The molecule has 0 saturated heterocycles. The first kappa shape index (κ1) is 23.7. The van der Waals surface area contributed by atoms with Crippen molar-refractivity contribution in [2.75, 3.05) is 0 Å². The van der Waals surface area contributed by atoms with Crippen LogP contribution in [0.2, 0.25) is 5.02 Å². The van der Waals surface area contributed by atoms with Crippen LogP contribution in [-0.4, -0.2) is 20.7 Å². The van der Waals surface area contributed by atoms with Gasteiger partial charge in [0, 0.05) is 31.7 Å². The molecule has 34 heavy (non-hydrogen) atoms. The number of alkyl halides is 3. The second-order valence-corrected chi connectivity index (χ2v) is 8.49. The highest BCUT2D eigenvalue weighted by molar-refractivity contribution is 6.31. The number of ketones is 1. The van der Waals surface area contributed by atoms with E-state index in [1.165, 1.54) is 12.1 Å². The summed E-state index contributed by atoms with van der Waals surface area (Å²) in [7, 11) is 0. The molecule has 4 nitrogen and oxygen atoms in total. The van der Waals surface area contributed by atoms with E-state index >= 15 is 0 Å². The second kappa shape index (κ2) is 9.81. The SMILES string of the molecule is Cc1ccc(Cc2nccc(-c3ccc[nH]3)n2)cc1CC(=O)Cc1ccc(Cl)c(C(F)(F)F)c1. The van der Waals surface area contributed by atoms with Gasteiger partial charge in [-0.05, 0) is 59.5 Å². The highest BCUT2D eigenvalue weighted by Crippen LogP contribution is 2.35. The fourth-order valence-electron chi connectivity index (χ4n) is 3.73. The highest BCUT2D eigenvalue weighted by Gasteiger charge is 2.33. The van der Waals surface area contributed by atoms with Crippen molar-refractivity contribution in [3.8, 4) is 11.4 Å². The van der Waals surface area contributed by atoms with E-state index in [4.69, 9.17) is 11.6 Å². The number of H-pyrrole nitrogens is 1. The van der Waals surface area contributed by atoms with Crippen LogP contribution in [0.4, 0.5) is 13.2 Å². The van der Waals surface area contributed by atoms with Crippen LogP contribution in [0.15, 0.2) is 67.0 Å². The van der Waals surface area contributed by atoms with Crippen molar-refractivity contribution in [1.82, 2.24) is 15.0 Å². The predicted molar refractivity (Wildman–Crippen MR) is 125 cm³/mol. The fourth-order valence-corrected chi connectivity index (χ4v) is 3.96. The Labute approximate surface area is 199 Å². The van der Waals surface area contributed by atoms with Gasteiger partial charge in [-0.3, -0.25) is 4.79 Å². The lowest BCUT2D eigenvalue weighted by Crippen LogP contribution is -2.11. The first-order valence-electron chi connectivity index (χ1n) is 10.6. The first-order valence-corrected chi connectivity index (χ1v) is 11.0. The minimum absolute atomic E-state index is 0.106. The van der Waals surface area contributed by atoms with Crippen LogP contribution in [0.25, 0.3) is 11.4 Å². The Morgan fingerprint density at radius 2 is 1.82 bits per heavy atom. The Morgan fingerprint density at radius 3 is 2.56 bits per heavy atom. The second-order valence-electron chi connectivity index (χ2n) is 8.08. The number of carbonyl (C=O) groups is 1. The van der Waals surface area contributed by atoms with Crippen molar-refractivity contribution in [2.24, 2.45) is 0 Å². The maximum absolute atomic E-state index is 13.1. The van der Waals surface area contributed by atoms with E-state index in [0.29, 0.717) is 12.2 Å². The van der Waals surface area contributed by atoms with Gasteiger partial charge in [-0.15, -0.1) is 0 Å². The Hall–Kier alpha value is -3.45. The molecule has 0 saturated carbocycles. The van der Waals surface area contributed by atoms with Crippen molar-refractivity contribution in [3.63, 3.8) is 0 Å². The summed E-state index contributed by atoms with van der Waals surface area (Å²) in [4.78, 5) is 24.8. The number of aromatic amines is 1. The zero-order valence-electron chi connectivity index (χ0n) is 18.3. The molecule has 0 aliphatic heterocycles. The largest absolute Gasteiger partial charge is 0.417 e. The van der Waals surface area contributed by atoms with E-state index < -0.39 is 11.7 Å². The van der Waals surface area contributed by atoms with E-state index in [-0.39, 0.29) is 29.2 Å². The lowest BCUT2D eigenvalue weighted by Gasteiger charge is -2.12. The summed E-state index contributed by atoms with van der Waals surface area (Å²) < 4.78 is 39.3. The third-order valence-electron chi connectivity index (χ3n) is 5.48. The van der Waals surface area contributed by atoms with Crippen LogP contribution >= 0.6 is 11.6 Å². The summed E-state index contributed by atoms with van der Waals surface area (Å²) in [6.45, 7) is 1.90. The monoisotopic (exact) mass is 483 g/mol. The standard InChI is InChI=1S/C26H21ClF3N3O/c1-16-4-5-17(14-25-32-10-8-24(33-25)23-3-2-9-31-23)11-19(16)15-20(34)12-18-6-7-22(27)21(13-18)26(28,29)30/h2-11,13,31H,12,14-15H2,1H3. The van der Waals surface area contributed by atoms with E-state index in [1.54, 1.807) is 6.20 Å². The average molecular weight is 484 g/mol. The molecule has 0 fully saturated rings. The molecule has 0 aliphatic carbocycles. The van der Waals surface area contributed by atoms with Gasteiger partial charge >= 0.3 is 6.18 Å². The van der Waals surface area contributed by atoms with Crippen LogP contribution in [0.1, 0.15) is 33.6 Å². The summed E-state index contributed by atoms with van der Waals surface area (Å²) in [6, 6.07) is 15.1. The van der Waals surface area contributed by atoms with Crippen molar-refractivity contribution >= 4 is 17.4 Å². The van der Waals surface area contributed by atoms with Gasteiger partial charge in [0.05, 0.1) is 22.0 Å². The molecule has 0 radical (unpaired) electrons. The van der Waals surface area contributed by atoms with Gasteiger partial charge in [-0.2, -0.15) is 13.2 Å². The molecule has 0 amide bonds. The van der Waals surface area contributed by atoms with E-state index in [0.717, 1.165) is 34.1 Å². The summed E-state index contributed by atoms with van der Waals surface area (Å²) in [5, 5.41) is -0.380. The van der Waals surface area contributed by atoms with Gasteiger partial charge in [0.15, 0.2) is 0 Å². The summed E-state index contributed by atoms with van der Waals surface area (Å²) in [6.07, 6.45) is -0.533. The molecule has 0 unspecified atom stereocenters. The van der Waals surface area contributed by atoms with Crippen LogP contribution in [0.5, 0.6) is 0 Å². The van der Waals surface area contributed by atoms with Gasteiger partial charge in [0.2, 0.25) is 0 Å². The minimum atomic E-state index is -4.57. The van der Waals surface area contributed by atoms with E-state index in [9.17, 15) is 18.0 Å². The number of aryl methyl sites for hydroxylation is 1. The molecule has 2 aromatic carbocycles. The first-order chi connectivity index (χ1) is 16.2. The smallest absolute Gasteiger partial charge is 0.360 e. The molecule has 2 aromatic heterocycles. The molecule has 0 atom stereocenters. The van der Waals surface area contributed by atoms with Crippen molar-refractivity contribution in [2.45, 2.75) is 32.4 Å². The number of carbonyl (C=O) groups excluding carboxylic acids is 1. The van der Waals surface area contributed by atoms with Gasteiger partial charge in [0.1, 0.15) is 11.6 Å². The van der Waals surface area contributed by atoms with Crippen LogP contribution in [0, 0.1) is 6.92 Å². The summed E-state index contributed by atoms with van der Waals surface area (Å²) in [5.41, 5.74) is 3.75. The molecule has 8 heteroatoms. The normalized spacial score (nSPS) is 11.6. The van der Waals surface area contributed by atoms with Gasteiger partial charge in [-0.25, -0.2) is 9.97 Å². The average Bonchev–Trinajstić information content (AvgIpc) is 3.32.